The number of likely N-dealkylation sites (N-methyl/N-ethyl adjacent to an activating group) is 1. The minimum absolute atomic E-state index is 0.150. The molecule has 2 heteroatoms. The fourth-order valence-electron chi connectivity index (χ4n) is 2.07. The molecule has 1 aliphatic rings. The normalized spacial score (nSPS) is 33.9. The minimum Gasteiger partial charge on any atom is -0.308 e. The second kappa shape index (κ2) is 3.17. The number of nitrogens with one attached hydrogen (secondary N) is 1. The molecule has 0 radical (unpaired) electrons. The van der Waals surface area contributed by atoms with Gasteiger partial charge in [0.05, 0.1) is 5.54 Å². The van der Waals surface area contributed by atoms with Crippen molar-refractivity contribution in [2.24, 2.45) is 11.8 Å². The molecule has 1 rings (SSSR count). The van der Waals surface area contributed by atoms with Crippen molar-refractivity contribution in [2.75, 3.05) is 7.05 Å². The number of rotatable bonds is 4. The molecular formula is C10H19NO. The number of hydrogen-bond donors (Lipinski definition) is 1. The first kappa shape index (κ1) is 9.72. The molecule has 0 aromatic rings. The van der Waals surface area contributed by atoms with Crippen LogP contribution in [0.25, 0.3) is 0 Å². The molecule has 70 valence electrons. The summed E-state index contributed by atoms with van der Waals surface area (Å²) in [4.78, 5) is 11.8. The average Bonchev–Trinajstić information content (AvgIpc) is 2.78. The Labute approximate surface area is 74.7 Å². The Hall–Kier alpha value is -0.370. The van der Waals surface area contributed by atoms with Crippen LogP contribution < -0.4 is 5.32 Å². The van der Waals surface area contributed by atoms with E-state index in [4.69, 9.17) is 0 Å². The summed E-state index contributed by atoms with van der Waals surface area (Å²) in [7, 11) is 1.90. The molecule has 1 aliphatic carbocycles. The van der Waals surface area contributed by atoms with E-state index in [0.717, 1.165) is 12.8 Å². The second-order valence-electron chi connectivity index (χ2n) is 4.05. The van der Waals surface area contributed by atoms with Crippen LogP contribution in [0.5, 0.6) is 0 Å². The van der Waals surface area contributed by atoms with Gasteiger partial charge in [-0.2, -0.15) is 0 Å². The first-order valence-corrected chi connectivity index (χ1v) is 4.81. The maximum absolute atomic E-state index is 11.8. The van der Waals surface area contributed by atoms with Gasteiger partial charge in [0.25, 0.3) is 0 Å². The molecule has 0 spiro atoms. The van der Waals surface area contributed by atoms with Gasteiger partial charge in [0.1, 0.15) is 0 Å². The molecule has 2 atom stereocenters. The van der Waals surface area contributed by atoms with Crippen molar-refractivity contribution in [3.63, 3.8) is 0 Å². The molecule has 1 fully saturated rings. The number of carbonyl (C=O) groups excluding carboxylic acids is 1. The van der Waals surface area contributed by atoms with Crippen molar-refractivity contribution >= 4 is 5.78 Å². The second-order valence-corrected chi connectivity index (χ2v) is 4.05. The molecule has 0 bridgehead atoms. The summed E-state index contributed by atoms with van der Waals surface area (Å²) in [6.07, 6.45) is 2.15. The summed E-state index contributed by atoms with van der Waals surface area (Å²) in [5.74, 6) is 1.13. The lowest BCUT2D eigenvalue weighted by atomic mass is 9.97. The third-order valence-electron chi connectivity index (χ3n) is 3.01. The number of hydrogen-bond acceptors (Lipinski definition) is 2. The Morgan fingerprint density at radius 2 is 2.25 bits per heavy atom. The minimum atomic E-state index is -0.150. The van der Waals surface area contributed by atoms with Gasteiger partial charge < -0.3 is 5.32 Å². The SMILES string of the molecule is CC[C@@H]1C[C@]1(NC)C(=O)C(C)C. The van der Waals surface area contributed by atoms with E-state index in [-0.39, 0.29) is 11.5 Å². The molecule has 0 aromatic heterocycles. The van der Waals surface area contributed by atoms with Crippen LogP contribution in [0.2, 0.25) is 0 Å². The third-order valence-corrected chi connectivity index (χ3v) is 3.01. The van der Waals surface area contributed by atoms with Crippen LogP contribution in [-0.4, -0.2) is 18.4 Å². The molecule has 0 saturated heterocycles. The van der Waals surface area contributed by atoms with E-state index < -0.39 is 0 Å². The highest BCUT2D eigenvalue weighted by molar-refractivity contribution is 5.93. The van der Waals surface area contributed by atoms with Crippen LogP contribution in [-0.2, 0) is 4.79 Å². The first-order valence-electron chi connectivity index (χ1n) is 4.81. The Morgan fingerprint density at radius 3 is 2.50 bits per heavy atom. The van der Waals surface area contributed by atoms with Gasteiger partial charge in [0.2, 0.25) is 0 Å². The van der Waals surface area contributed by atoms with Crippen molar-refractivity contribution in [3.05, 3.63) is 0 Å². The Kier molecular flexibility index (Phi) is 2.57. The van der Waals surface area contributed by atoms with E-state index >= 15 is 0 Å². The molecule has 0 heterocycles. The Bertz CT molecular complexity index is 188. The van der Waals surface area contributed by atoms with Crippen molar-refractivity contribution < 1.29 is 4.79 Å². The summed E-state index contributed by atoms with van der Waals surface area (Å²) in [6.45, 7) is 6.11. The average molecular weight is 169 g/mol. The lowest BCUT2D eigenvalue weighted by molar-refractivity contribution is -0.125. The third kappa shape index (κ3) is 1.28. The van der Waals surface area contributed by atoms with E-state index in [1.807, 2.05) is 20.9 Å². The highest BCUT2D eigenvalue weighted by atomic mass is 16.1. The highest BCUT2D eigenvalue weighted by Crippen LogP contribution is 2.47. The molecule has 12 heavy (non-hydrogen) atoms. The van der Waals surface area contributed by atoms with Crippen molar-refractivity contribution in [2.45, 2.75) is 39.2 Å². The van der Waals surface area contributed by atoms with Crippen molar-refractivity contribution in [1.29, 1.82) is 0 Å². The highest BCUT2D eigenvalue weighted by Gasteiger charge is 2.57. The Morgan fingerprint density at radius 1 is 1.67 bits per heavy atom. The first-order chi connectivity index (χ1) is 5.58. The van der Waals surface area contributed by atoms with Gasteiger partial charge in [-0.1, -0.05) is 27.2 Å². The van der Waals surface area contributed by atoms with Crippen LogP contribution >= 0.6 is 0 Å². The van der Waals surface area contributed by atoms with Gasteiger partial charge in [0, 0.05) is 5.92 Å². The van der Waals surface area contributed by atoms with E-state index in [0.29, 0.717) is 11.7 Å². The van der Waals surface area contributed by atoms with Gasteiger partial charge in [-0.25, -0.2) is 0 Å². The molecular weight excluding hydrogens is 150 g/mol. The lowest BCUT2D eigenvalue weighted by Gasteiger charge is -2.17. The smallest absolute Gasteiger partial charge is 0.155 e. The molecule has 1 N–H and O–H groups in total. The van der Waals surface area contributed by atoms with Crippen LogP contribution in [0, 0.1) is 11.8 Å². The van der Waals surface area contributed by atoms with Gasteiger partial charge in [-0.15, -0.1) is 0 Å². The van der Waals surface area contributed by atoms with E-state index in [1.165, 1.54) is 0 Å². The standard InChI is InChI=1S/C10H19NO/c1-5-8-6-10(8,11-4)9(12)7(2)3/h7-8,11H,5-6H2,1-4H3/t8-,10-/m1/s1. The summed E-state index contributed by atoms with van der Waals surface area (Å²) in [6, 6.07) is 0. The van der Waals surface area contributed by atoms with E-state index in [9.17, 15) is 4.79 Å². The maximum Gasteiger partial charge on any atom is 0.155 e. The van der Waals surface area contributed by atoms with Gasteiger partial charge in [-0.05, 0) is 19.4 Å². The summed E-state index contributed by atoms with van der Waals surface area (Å²) in [5, 5.41) is 3.18. The predicted molar refractivity (Wildman–Crippen MR) is 50.0 cm³/mol. The fourth-order valence-corrected chi connectivity index (χ4v) is 2.07. The largest absolute Gasteiger partial charge is 0.308 e. The van der Waals surface area contributed by atoms with Crippen LogP contribution in [0.1, 0.15) is 33.6 Å². The molecule has 0 amide bonds. The summed E-state index contributed by atoms with van der Waals surface area (Å²) in [5.41, 5.74) is -0.150. The number of ketones is 1. The molecule has 0 aromatic carbocycles. The number of carbonyl (C=O) groups is 1. The van der Waals surface area contributed by atoms with Crippen LogP contribution in [0.4, 0.5) is 0 Å². The Balaban J connectivity index is 2.65. The predicted octanol–water partition coefficient (Wildman–Crippen LogP) is 1.60. The summed E-state index contributed by atoms with van der Waals surface area (Å²) < 4.78 is 0. The topological polar surface area (TPSA) is 29.1 Å². The van der Waals surface area contributed by atoms with Gasteiger partial charge >= 0.3 is 0 Å². The van der Waals surface area contributed by atoms with Crippen LogP contribution in [0.3, 0.4) is 0 Å². The van der Waals surface area contributed by atoms with E-state index in [2.05, 4.69) is 12.2 Å². The van der Waals surface area contributed by atoms with Crippen molar-refractivity contribution in [3.8, 4) is 0 Å². The maximum atomic E-state index is 11.8. The monoisotopic (exact) mass is 169 g/mol. The quantitative estimate of drug-likeness (QED) is 0.692. The molecule has 0 aliphatic heterocycles. The lowest BCUT2D eigenvalue weighted by Crippen LogP contribution is -2.41. The van der Waals surface area contributed by atoms with Gasteiger partial charge in [0.15, 0.2) is 5.78 Å². The van der Waals surface area contributed by atoms with E-state index in [1.54, 1.807) is 0 Å². The number of Topliss-reactive ketones (excluding diaryl/α,β-unsaturated/α-hetero) is 1. The zero-order chi connectivity index (χ0) is 9.35. The van der Waals surface area contributed by atoms with Crippen molar-refractivity contribution in [1.82, 2.24) is 5.32 Å². The van der Waals surface area contributed by atoms with Gasteiger partial charge in [-0.3, -0.25) is 4.79 Å². The fraction of sp³-hybridized carbons (Fsp3) is 0.900. The molecule has 2 nitrogen and oxygen atoms in total. The molecule has 0 unspecified atom stereocenters. The zero-order valence-corrected chi connectivity index (χ0v) is 8.48. The molecule has 1 saturated carbocycles. The summed E-state index contributed by atoms with van der Waals surface area (Å²) >= 11 is 0. The van der Waals surface area contributed by atoms with Crippen LogP contribution in [0.15, 0.2) is 0 Å². The zero-order valence-electron chi connectivity index (χ0n) is 8.48.